The van der Waals surface area contributed by atoms with Gasteiger partial charge in [0.15, 0.2) is 0 Å². The third kappa shape index (κ3) is 5.58. The standard InChI is InChI=1S/C31H29NO5S/c1-21-11-17-25(18-12-21)38(34,35)37-24-15-13-23(14-16-24)19-22(2)32-31(33)36-20-30-28-9-5-3-7-26(28)27-8-4-6-10-29(27)30/h3-18,22,30H,19-20H2,1-2H3,(H,32,33). The van der Waals surface area contributed by atoms with E-state index in [2.05, 4.69) is 29.6 Å². The highest BCUT2D eigenvalue weighted by molar-refractivity contribution is 7.87. The van der Waals surface area contributed by atoms with Crippen LogP contribution in [0.3, 0.4) is 0 Å². The number of aryl methyl sites for hydroxylation is 1. The second-order valence-electron chi connectivity index (χ2n) is 9.57. The van der Waals surface area contributed by atoms with Crippen molar-refractivity contribution in [3.05, 3.63) is 119 Å². The lowest BCUT2D eigenvalue weighted by Crippen LogP contribution is -2.35. The van der Waals surface area contributed by atoms with Crippen LogP contribution in [0.15, 0.2) is 102 Å². The fraction of sp³-hybridized carbons (Fsp3) is 0.194. The first-order chi connectivity index (χ1) is 18.3. The normalized spacial score (nSPS) is 13.3. The molecule has 0 bridgehead atoms. The molecule has 4 aromatic carbocycles. The predicted octanol–water partition coefficient (Wildman–Crippen LogP) is 6.23. The van der Waals surface area contributed by atoms with Crippen molar-refractivity contribution < 1.29 is 22.1 Å². The summed E-state index contributed by atoms with van der Waals surface area (Å²) in [7, 11) is -3.91. The highest BCUT2D eigenvalue weighted by Gasteiger charge is 2.29. The molecule has 0 aromatic heterocycles. The number of carbonyl (C=O) groups is 1. The topological polar surface area (TPSA) is 81.7 Å². The molecule has 0 saturated heterocycles. The van der Waals surface area contributed by atoms with Gasteiger partial charge in [-0.05, 0) is 72.4 Å². The van der Waals surface area contributed by atoms with E-state index in [0.29, 0.717) is 6.42 Å². The van der Waals surface area contributed by atoms with Gasteiger partial charge in [0.2, 0.25) is 0 Å². The zero-order chi connectivity index (χ0) is 26.7. The molecule has 0 saturated carbocycles. The largest absolute Gasteiger partial charge is 0.449 e. The number of rotatable bonds is 8. The quantitative estimate of drug-likeness (QED) is 0.275. The van der Waals surface area contributed by atoms with Crippen molar-refractivity contribution in [2.45, 2.75) is 37.1 Å². The Labute approximate surface area is 223 Å². The Hall–Kier alpha value is -4.10. The van der Waals surface area contributed by atoms with Crippen molar-refractivity contribution in [1.29, 1.82) is 0 Å². The maximum absolute atomic E-state index is 12.6. The molecule has 1 aliphatic rings. The molecule has 1 atom stereocenters. The molecule has 5 rings (SSSR count). The number of alkyl carbamates (subject to hydrolysis) is 1. The Morgan fingerprint density at radius 3 is 2.03 bits per heavy atom. The average Bonchev–Trinajstić information content (AvgIpc) is 3.22. The summed E-state index contributed by atoms with van der Waals surface area (Å²) in [6.45, 7) is 4.04. The number of carbonyl (C=O) groups excluding carboxylic acids is 1. The summed E-state index contributed by atoms with van der Waals surface area (Å²) in [6.07, 6.45) is 0.0818. The molecule has 6 nitrogen and oxygen atoms in total. The molecule has 0 heterocycles. The minimum absolute atomic E-state index is 0.00666. The van der Waals surface area contributed by atoms with Crippen molar-refractivity contribution >= 4 is 16.2 Å². The Morgan fingerprint density at radius 2 is 1.42 bits per heavy atom. The van der Waals surface area contributed by atoms with Gasteiger partial charge in [-0.25, -0.2) is 4.79 Å². The van der Waals surface area contributed by atoms with Crippen LogP contribution in [0.25, 0.3) is 11.1 Å². The van der Waals surface area contributed by atoms with Gasteiger partial charge in [0.05, 0.1) is 0 Å². The Balaban J connectivity index is 1.14. The third-order valence-corrected chi connectivity index (χ3v) is 7.95. The summed E-state index contributed by atoms with van der Waals surface area (Å²) < 4.78 is 35.9. The maximum atomic E-state index is 12.6. The van der Waals surface area contributed by atoms with Gasteiger partial charge in [-0.3, -0.25) is 0 Å². The summed E-state index contributed by atoms with van der Waals surface area (Å²) in [5.74, 6) is 0.235. The van der Waals surface area contributed by atoms with Crippen LogP contribution in [0.1, 0.15) is 35.1 Å². The smallest absolute Gasteiger partial charge is 0.407 e. The molecule has 0 radical (unpaired) electrons. The first-order valence-corrected chi connectivity index (χ1v) is 13.9. The van der Waals surface area contributed by atoms with E-state index in [-0.39, 0.29) is 29.2 Å². The lowest BCUT2D eigenvalue weighted by Gasteiger charge is -2.17. The minimum atomic E-state index is -3.91. The van der Waals surface area contributed by atoms with Crippen LogP contribution in [0.2, 0.25) is 0 Å². The van der Waals surface area contributed by atoms with Crippen molar-refractivity contribution in [2.75, 3.05) is 6.61 Å². The van der Waals surface area contributed by atoms with Crippen LogP contribution < -0.4 is 9.50 Å². The van der Waals surface area contributed by atoms with Gasteiger partial charge in [0, 0.05) is 12.0 Å². The highest BCUT2D eigenvalue weighted by atomic mass is 32.2. The predicted molar refractivity (Wildman–Crippen MR) is 147 cm³/mol. The highest BCUT2D eigenvalue weighted by Crippen LogP contribution is 2.44. The van der Waals surface area contributed by atoms with E-state index >= 15 is 0 Å². The van der Waals surface area contributed by atoms with Crippen LogP contribution in [-0.2, 0) is 21.3 Å². The Bertz CT molecular complexity index is 1500. The van der Waals surface area contributed by atoms with E-state index in [1.807, 2.05) is 38.1 Å². The third-order valence-electron chi connectivity index (χ3n) is 6.69. The molecular weight excluding hydrogens is 498 g/mol. The van der Waals surface area contributed by atoms with Crippen LogP contribution >= 0.6 is 0 Å². The number of fused-ring (bicyclic) bond motifs is 3. The van der Waals surface area contributed by atoms with Crippen LogP contribution in [0, 0.1) is 6.92 Å². The van der Waals surface area contributed by atoms with Gasteiger partial charge >= 0.3 is 16.2 Å². The molecule has 38 heavy (non-hydrogen) atoms. The molecule has 1 amide bonds. The number of ether oxygens (including phenoxy) is 1. The summed E-state index contributed by atoms with van der Waals surface area (Å²) >= 11 is 0. The molecule has 4 aromatic rings. The van der Waals surface area contributed by atoms with Gasteiger partial charge < -0.3 is 14.2 Å². The second kappa shape index (κ2) is 10.7. The van der Waals surface area contributed by atoms with Gasteiger partial charge in [0.1, 0.15) is 17.3 Å². The van der Waals surface area contributed by atoms with Gasteiger partial charge in [-0.1, -0.05) is 78.4 Å². The zero-order valence-electron chi connectivity index (χ0n) is 21.3. The van der Waals surface area contributed by atoms with E-state index in [1.165, 1.54) is 34.4 Å². The van der Waals surface area contributed by atoms with Crippen LogP contribution in [0.4, 0.5) is 4.79 Å². The number of amides is 1. The molecule has 7 heteroatoms. The molecule has 0 fully saturated rings. The summed E-state index contributed by atoms with van der Waals surface area (Å²) in [4.78, 5) is 12.7. The fourth-order valence-corrected chi connectivity index (χ4v) is 5.74. The Morgan fingerprint density at radius 1 is 0.842 bits per heavy atom. The monoisotopic (exact) mass is 527 g/mol. The lowest BCUT2D eigenvalue weighted by atomic mass is 9.98. The number of benzene rings is 4. The molecule has 194 valence electrons. The van der Waals surface area contributed by atoms with Crippen molar-refractivity contribution in [1.82, 2.24) is 5.32 Å². The Kier molecular flexibility index (Phi) is 7.20. The van der Waals surface area contributed by atoms with Crippen molar-refractivity contribution in [3.63, 3.8) is 0 Å². The lowest BCUT2D eigenvalue weighted by molar-refractivity contribution is 0.139. The van der Waals surface area contributed by atoms with E-state index in [1.54, 1.807) is 36.4 Å². The SMILES string of the molecule is Cc1ccc(S(=O)(=O)Oc2ccc(CC(C)NC(=O)OCC3c4ccccc4-c4ccccc43)cc2)cc1. The van der Waals surface area contributed by atoms with E-state index < -0.39 is 16.2 Å². The summed E-state index contributed by atoms with van der Waals surface area (Å²) in [5, 5.41) is 2.89. The maximum Gasteiger partial charge on any atom is 0.407 e. The zero-order valence-corrected chi connectivity index (χ0v) is 22.1. The second-order valence-corrected chi connectivity index (χ2v) is 11.1. The van der Waals surface area contributed by atoms with Gasteiger partial charge in [-0.2, -0.15) is 8.42 Å². The molecular formula is C31H29NO5S. The molecule has 1 unspecified atom stereocenters. The van der Waals surface area contributed by atoms with Crippen molar-refractivity contribution in [2.24, 2.45) is 0 Å². The molecule has 0 spiro atoms. The fourth-order valence-electron chi connectivity index (χ4n) is 4.81. The van der Waals surface area contributed by atoms with E-state index in [4.69, 9.17) is 8.92 Å². The number of hydrogen-bond acceptors (Lipinski definition) is 5. The van der Waals surface area contributed by atoms with Gasteiger partial charge in [-0.15, -0.1) is 0 Å². The van der Waals surface area contributed by atoms with Crippen molar-refractivity contribution in [3.8, 4) is 16.9 Å². The summed E-state index contributed by atoms with van der Waals surface area (Å²) in [5.41, 5.74) is 6.60. The molecule has 1 aliphatic carbocycles. The molecule has 0 aliphatic heterocycles. The molecule has 1 N–H and O–H groups in total. The number of nitrogens with one attached hydrogen (secondary N) is 1. The van der Waals surface area contributed by atoms with E-state index in [0.717, 1.165) is 11.1 Å². The number of hydrogen-bond donors (Lipinski definition) is 1. The average molecular weight is 528 g/mol. The first-order valence-electron chi connectivity index (χ1n) is 12.5. The van der Waals surface area contributed by atoms with Crippen LogP contribution in [0.5, 0.6) is 5.75 Å². The van der Waals surface area contributed by atoms with Crippen LogP contribution in [-0.4, -0.2) is 27.2 Å². The minimum Gasteiger partial charge on any atom is -0.449 e. The van der Waals surface area contributed by atoms with E-state index in [9.17, 15) is 13.2 Å². The van der Waals surface area contributed by atoms with Gasteiger partial charge in [0.25, 0.3) is 0 Å². The summed E-state index contributed by atoms with van der Waals surface area (Å²) in [6, 6.07) is 29.6. The first kappa shape index (κ1) is 25.5.